The average Bonchev–Trinajstić information content (AvgIpc) is 2.44. The highest BCUT2D eigenvalue weighted by Gasteiger charge is 2.28. The van der Waals surface area contributed by atoms with E-state index >= 15 is 0 Å². The van der Waals surface area contributed by atoms with Crippen molar-refractivity contribution in [1.29, 1.82) is 0 Å². The molecule has 2 rings (SSSR count). The Morgan fingerprint density at radius 3 is 2.62 bits per heavy atom. The van der Waals surface area contributed by atoms with Crippen LogP contribution in [0.15, 0.2) is 0 Å². The highest BCUT2D eigenvalue weighted by molar-refractivity contribution is 5.79. The van der Waals surface area contributed by atoms with Crippen LogP contribution >= 0.6 is 0 Å². The minimum absolute atomic E-state index is 0.255. The quantitative estimate of drug-likeness (QED) is 0.678. The summed E-state index contributed by atoms with van der Waals surface area (Å²) in [5, 5.41) is 3.11. The van der Waals surface area contributed by atoms with E-state index in [2.05, 4.69) is 17.3 Å². The molecule has 1 aliphatic carbocycles. The van der Waals surface area contributed by atoms with Crippen molar-refractivity contribution in [3.63, 3.8) is 0 Å². The van der Waals surface area contributed by atoms with Gasteiger partial charge in [0.05, 0.1) is 5.92 Å². The average molecular weight is 182 g/mol. The molecule has 0 aromatic carbocycles. The number of rotatable bonds is 2. The minimum atomic E-state index is 0.255. The van der Waals surface area contributed by atoms with Crippen molar-refractivity contribution >= 4 is 5.91 Å². The zero-order valence-corrected chi connectivity index (χ0v) is 8.25. The predicted molar refractivity (Wildman–Crippen MR) is 51.4 cm³/mol. The highest BCUT2D eigenvalue weighted by atomic mass is 16.2. The number of amides is 1. The van der Waals surface area contributed by atoms with Crippen LogP contribution in [0.2, 0.25) is 0 Å². The van der Waals surface area contributed by atoms with Gasteiger partial charge in [0.2, 0.25) is 5.91 Å². The molecule has 1 saturated heterocycles. The smallest absolute Gasteiger partial charge is 0.224 e. The third kappa shape index (κ3) is 2.02. The van der Waals surface area contributed by atoms with Crippen molar-refractivity contribution in [1.82, 2.24) is 10.2 Å². The topological polar surface area (TPSA) is 32.3 Å². The third-order valence-corrected chi connectivity index (χ3v) is 3.21. The van der Waals surface area contributed by atoms with Gasteiger partial charge in [-0.1, -0.05) is 0 Å². The van der Waals surface area contributed by atoms with Crippen LogP contribution in [0.25, 0.3) is 0 Å². The molecule has 1 amide bonds. The van der Waals surface area contributed by atoms with E-state index < -0.39 is 0 Å². The predicted octanol–water partition coefficient (Wildman–Crippen LogP) is 0.607. The highest BCUT2D eigenvalue weighted by Crippen LogP contribution is 2.20. The maximum atomic E-state index is 11.7. The maximum Gasteiger partial charge on any atom is 0.224 e. The Balaban J connectivity index is 1.76. The summed E-state index contributed by atoms with van der Waals surface area (Å²) in [5.41, 5.74) is 0. The van der Waals surface area contributed by atoms with Gasteiger partial charge in [-0.15, -0.1) is 0 Å². The fraction of sp³-hybridized carbons (Fsp3) is 0.900. The van der Waals surface area contributed by atoms with Gasteiger partial charge >= 0.3 is 0 Å². The summed E-state index contributed by atoms with van der Waals surface area (Å²) < 4.78 is 0. The van der Waals surface area contributed by atoms with Crippen LogP contribution in [0, 0.1) is 5.92 Å². The number of hydrogen-bond acceptors (Lipinski definition) is 2. The first-order chi connectivity index (χ1) is 6.25. The second-order valence-corrected chi connectivity index (χ2v) is 4.38. The molecule has 74 valence electrons. The van der Waals surface area contributed by atoms with Crippen LogP contribution in [0.1, 0.15) is 25.7 Å². The van der Waals surface area contributed by atoms with Gasteiger partial charge in [-0.3, -0.25) is 4.79 Å². The molecule has 0 spiro atoms. The number of nitrogens with zero attached hydrogens (tertiary/aromatic N) is 1. The Hall–Kier alpha value is -0.570. The zero-order chi connectivity index (χ0) is 9.26. The molecular weight excluding hydrogens is 164 g/mol. The van der Waals surface area contributed by atoms with E-state index in [0.29, 0.717) is 6.04 Å². The van der Waals surface area contributed by atoms with Crippen LogP contribution in [0.5, 0.6) is 0 Å². The molecule has 1 saturated carbocycles. The normalized spacial score (nSPS) is 30.1. The van der Waals surface area contributed by atoms with E-state index in [0.717, 1.165) is 19.5 Å². The largest absolute Gasteiger partial charge is 0.353 e. The molecule has 1 N–H and O–H groups in total. The van der Waals surface area contributed by atoms with Gasteiger partial charge in [0.1, 0.15) is 0 Å². The van der Waals surface area contributed by atoms with Crippen molar-refractivity contribution in [3.05, 3.63) is 0 Å². The number of likely N-dealkylation sites (tertiary alicyclic amines) is 1. The lowest BCUT2D eigenvalue weighted by atomic mass is 9.92. The molecular formula is C10H18N2O. The van der Waals surface area contributed by atoms with Gasteiger partial charge in [-0.2, -0.15) is 0 Å². The fourth-order valence-corrected chi connectivity index (χ4v) is 2.02. The van der Waals surface area contributed by atoms with Crippen molar-refractivity contribution in [2.45, 2.75) is 31.7 Å². The summed E-state index contributed by atoms with van der Waals surface area (Å²) in [6.45, 7) is 2.02. The summed E-state index contributed by atoms with van der Waals surface area (Å²) >= 11 is 0. The van der Waals surface area contributed by atoms with E-state index in [1.807, 2.05) is 0 Å². The second kappa shape index (κ2) is 3.66. The molecule has 0 aromatic rings. The van der Waals surface area contributed by atoms with E-state index in [4.69, 9.17) is 0 Å². The lowest BCUT2D eigenvalue weighted by Crippen LogP contribution is -2.43. The SMILES string of the molecule is CN1CCC(C(=O)NC2CCC2)C1. The first kappa shape index (κ1) is 9.00. The summed E-state index contributed by atoms with van der Waals surface area (Å²) in [4.78, 5) is 13.9. The van der Waals surface area contributed by atoms with Crippen molar-refractivity contribution in [2.75, 3.05) is 20.1 Å². The Kier molecular flexibility index (Phi) is 2.54. The van der Waals surface area contributed by atoms with E-state index in [9.17, 15) is 4.79 Å². The molecule has 0 radical (unpaired) electrons. The van der Waals surface area contributed by atoms with Crippen LogP contribution in [0.4, 0.5) is 0 Å². The van der Waals surface area contributed by atoms with Crippen molar-refractivity contribution in [3.8, 4) is 0 Å². The summed E-state index contributed by atoms with van der Waals surface area (Å²) in [5.74, 6) is 0.541. The Morgan fingerprint density at radius 1 is 1.38 bits per heavy atom. The van der Waals surface area contributed by atoms with Crippen molar-refractivity contribution in [2.24, 2.45) is 5.92 Å². The Morgan fingerprint density at radius 2 is 2.15 bits per heavy atom. The molecule has 3 nitrogen and oxygen atoms in total. The van der Waals surface area contributed by atoms with Crippen LogP contribution < -0.4 is 5.32 Å². The molecule has 1 unspecified atom stereocenters. The Bertz CT molecular complexity index is 201. The van der Waals surface area contributed by atoms with Crippen LogP contribution in [0.3, 0.4) is 0 Å². The van der Waals surface area contributed by atoms with Gasteiger partial charge in [0.15, 0.2) is 0 Å². The summed E-state index contributed by atoms with van der Waals surface area (Å²) in [6.07, 6.45) is 4.70. The van der Waals surface area contributed by atoms with Gasteiger partial charge < -0.3 is 10.2 Å². The lowest BCUT2D eigenvalue weighted by molar-refractivity contribution is -0.125. The second-order valence-electron chi connectivity index (χ2n) is 4.38. The molecule has 2 fully saturated rings. The number of carbonyl (C=O) groups excluding carboxylic acids is 1. The summed E-state index contributed by atoms with van der Waals surface area (Å²) in [7, 11) is 2.08. The molecule has 1 aliphatic heterocycles. The van der Waals surface area contributed by atoms with Crippen molar-refractivity contribution < 1.29 is 4.79 Å². The maximum absolute atomic E-state index is 11.7. The number of hydrogen-bond donors (Lipinski definition) is 1. The molecule has 2 aliphatic rings. The zero-order valence-electron chi connectivity index (χ0n) is 8.25. The minimum Gasteiger partial charge on any atom is -0.353 e. The van der Waals surface area contributed by atoms with Crippen LogP contribution in [-0.4, -0.2) is 37.0 Å². The Labute approximate surface area is 79.5 Å². The first-order valence-electron chi connectivity index (χ1n) is 5.24. The first-order valence-corrected chi connectivity index (χ1v) is 5.24. The number of nitrogens with one attached hydrogen (secondary N) is 1. The van der Waals surface area contributed by atoms with Gasteiger partial charge in [-0.25, -0.2) is 0 Å². The number of carbonyl (C=O) groups is 1. The molecule has 0 aromatic heterocycles. The molecule has 1 atom stereocenters. The molecule has 1 heterocycles. The van der Waals surface area contributed by atoms with Gasteiger partial charge in [0.25, 0.3) is 0 Å². The van der Waals surface area contributed by atoms with Gasteiger partial charge in [-0.05, 0) is 39.3 Å². The third-order valence-electron chi connectivity index (χ3n) is 3.21. The molecule has 3 heteroatoms. The molecule has 0 bridgehead atoms. The van der Waals surface area contributed by atoms with Crippen LogP contribution in [-0.2, 0) is 4.79 Å². The molecule has 13 heavy (non-hydrogen) atoms. The van der Waals surface area contributed by atoms with E-state index in [1.165, 1.54) is 19.3 Å². The van der Waals surface area contributed by atoms with Gasteiger partial charge in [0, 0.05) is 12.6 Å². The standard InChI is InChI=1S/C10H18N2O/c1-12-6-5-8(7-12)10(13)11-9-3-2-4-9/h8-9H,2-7H2,1H3,(H,11,13). The van der Waals surface area contributed by atoms with E-state index in [-0.39, 0.29) is 11.8 Å². The lowest BCUT2D eigenvalue weighted by Gasteiger charge is -2.27. The monoisotopic (exact) mass is 182 g/mol. The summed E-state index contributed by atoms with van der Waals surface area (Å²) in [6, 6.07) is 0.499. The van der Waals surface area contributed by atoms with E-state index in [1.54, 1.807) is 0 Å². The fourth-order valence-electron chi connectivity index (χ4n) is 2.02.